The molecule has 0 aliphatic carbocycles. The summed E-state index contributed by atoms with van der Waals surface area (Å²) in [4.78, 5) is 15.4. The topological polar surface area (TPSA) is 56.9 Å². The van der Waals surface area contributed by atoms with Gasteiger partial charge >= 0.3 is 0 Å². The number of benzene rings is 1. The molecule has 1 aromatic carbocycles. The van der Waals surface area contributed by atoms with E-state index in [2.05, 4.69) is 36.4 Å². The number of H-pyrrole nitrogens is 1. The van der Waals surface area contributed by atoms with E-state index in [1.807, 2.05) is 25.1 Å². The first-order valence-electron chi connectivity index (χ1n) is 7.09. The first-order chi connectivity index (χ1) is 9.49. The van der Waals surface area contributed by atoms with Crippen molar-refractivity contribution in [2.45, 2.75) is 33.7 Å². The van der Waals surface area contributed by atoms with Crippen LogP contribution in [-0.4, -0.2) is 30.0 Å². The number of aryl methyl sites for hydroxylation is 2. The summed E-state index contributed by atoms with van der Waals surface area (Å²) < 4.78 is 0. The van der Waals surface area contributed by atoms with Crippen molar-refractivity contribution >= 4 is 16.8 Å². The van der Waals surface area contributed by atoms with E-state index in [9.17, 15) is 4.79 Å². The molecule has 0 aliphatic rings. The second-order valence-corrected chi connectivity index (χ2v) is 5.50. The minimum absolute atomic E-state index is 0.0179. The van der Waals surface area contributed by atoms with E-state index in [-0.39, 0.29) is 5.91 Å². The number of amides is 1. The van der Waals surface area contributed by atoms with Gasteiger partial charge in [0.25, 0.3) is 5.91 Å². The van der Waals surface area contributed by atoms with Gasteiger partial charge in [0.2, 0.25) is 0 Å². The van der Waals surface area contributed by atoms with Crippen molar-refractivity contribution in [2.75, 3.05) is 13.1 Å². The van der Waals surface area contributed by atoms with Gasteiger partial charge in [-0.3, -0.25) is 4.79 Å². The molecule has 4 heteroatoms. The first kappa shape index (κ1) is 14.6. The highest BCUT2D eigenvalue weighted by molar-refractivity contribution is 5.99. The van der Waals surface area contributed by atoms with E-state index >= 15 is 0 Å². The van der Waals surface area contributed by atoms with Gasteiger partial charge in [-0.1, -0.05) is 13.8 Å². The zero-order valence-electron chi connectivity index (χ0n) is 12.6. The quantitative estimate of drug-likeness (QED) is 0.733. The third-order valence-electron chi connectivity index (χ3n) is 3.53. The number of nitrogens with one attached hydrogen (secondary N) is 3. The third kappa shape index (κ3) is 3.20. The fourth-order valence-corrected chi connectivity index (χ4v) is 2.24. The number of hydrogen-bond donors (Lipinski definition) is 3. The van der Waals surface area contributed by atoms with Crippen molar-refractivity contribution in [3.63, 3.8) is 0 Å². The van der Waals surface area contributed by atoms with Crippen molar-refractivity contribution < 1.29 is 4.79 Å². The van der Waals surface area contributed by atoms with E-state index in [4.69, 9.17) is 0 Å². The predicted molar refractivity (Wildman–Crippen MR) is 83.2 cm³/mol. The van der Waals surface area contributed by atoms with E-state index in [0.717, 1.165) is 23.1 Å². The fraction of sp³-hybridized carbons (Fsp3) is 0.438. The van der Waals surface area contributed by atoms with Crippen LogP contribution >= 0.6 is 0 Å². The normalized spacial score (nSPS) is 11.2. The molecule has 4 nitrogen and oxygen atoms in total. The summed E-state index contributed by atoms with van der Waals surface area (Å²) in [5.41, 5.74) is 4.15. The average molecular weight is 273 g/mol. The Morgan fingerprint density at radius 1 is 1.25 bits per heavy atom. The summed E-state index contributed by atoms with van der Waals surface area (Å²) >= 11 is 0. The van der Waals surface area contributed by atoms with Gasteiger partial charge in [-0.15, -0.1) is 0 Å². The molecule has 0 spiro atoms. The Morgan fingerprint density at radius 2 is 2.00 bits per heavy atom. The molecular formula is C16H23N3O. The molecule has 20 heavy (non-hydrogen) atoms. The molecule has 2 aromatic rings. The maximum absolute atomic E-state index is 12.1. The molecular weight excluding hydrogens is 250 g/mol. The van der Waals surface area contributed by atoms with E-state index in [1.165, 1.54) is 5.56 Å². The Morgan fingerprint density at radius 3 is 2.70 bits per heavy atom. The van der Waals surface area contributed by atoms with Crippen molar-refractivity contribution in [3.8, 4) is 0 Å². The van der Waals surface area contributed by atoms with Crippen molar-refractivity contribution in [3.05, 3.63) is 35.0 Å². The van der Waals surface area contributed by atoms with Crippen molar-refractivity contribution in [1.29, 1.82) is 0 Å². The van der Waals surface area contributed by atoms with Gasteiger partial charge in [-0.25, -0.2) is 0 Å². The van der Waals surface area contributed by atoms with Crippen LogP contribution in [0.3, 0.4) is 0 Å². The molecule has 0 saturated carbocycles. The van der Waals surface area contributed by atoms with Gasteiger partial charge in [0.15, 0.2) is 0 Å². The molecule has 0 atom stereocenters. The lowest BCUT2D eigenvalue weighted by Gasteiger charge is -2.09. The van der Waals surface area contributed by atoms with Crippen molar-refractivity contribution in [2.24, 2.45) is 0 Å². The van der Waals surface area contributed by atoms with Gasteiger partial charge in [0.1, 0.15) is 0 Å². The first-order valence-corrected chi connectivity index (χ1v) is 7.09. The third-order valence-corrected chi connectivity index (χ3v) is 3.53. The molecule has 0 aliphatic heterocycles. The highest BCUT2D eigenvalue weighted by Crippen LogP contribution is 2.22. The van der Waals surface area contributed by atoms with Crippen LogP contribution in [0.25, 0.3) is 10.9 Å². The largest absolute Gasteiger partial charge is 0.358 e. The summed E-state index contributed by atoms with van der Waals surface area (Å²) in [7, 11) is 0. The van der Waals surface area contributed by atoms with Gasteiger partial charge < -0.3 is 15.6 Å². The van der Waals surface area contributed by atoms with Crippen LogP contribution in [-0.2, 0) is 0 Å². The zero-order valence-corrected chi connectivity index (χ0v) is 12.6. The Hall–Kier alpha value is -1.81. The maximum atomic E-state index is 12.1. The Kier molecular flexibility index (Phi) is 4.45. The summed E-state index contributed by atoms with van der Waals surface area (Å²) in [6.45, 7) is 9.72. The monoisotopic (exact) mass is 273 g/mol. The fourth-order valence-electron chi connectivity index (χ4n) is 2.24. The molecule has 1 aromatic heterocycles. The number of hydrogen-bond acceptors (Lipinski definition) is 2. The number of rotatable bonds is 5. The minimum atomic E-state index is -0.0179. The molecule has 0 bridgehead atoms. The minimum Gasteiger partial charge on any atom is -0.358 e. The van der Waals surface area contributed by atoms with Gasteiger partial charge in [-0.2, -0.15) is 0 Å². The van der Waals surface area contributed by atoms with Crippen molar-refractivity contribution in [1.82, 2.24) is 15.6 Å². The SMILES string of the molecule is Cc1[nH]c2ccc(C(=O)NCCNC(C)C)cc2c1C. The van der Waals surface area contributed by atoms with Gasteiger partial charge in [0.05, 0.1) is 0 Å². The highest BCUT2D eigenvalue weighted by Gasteiger charge is 2.09. The molecule has 3 N–H and O–H groups in total. The standard InChI is InChI=1S/C16H23N3O/c1-10(2)17-7-8-18-16(20)13-5-6-15-14(9-13)11(3)12(4)19-15/h5-6,9-10,17,19H,7-8H2,1-4H3,(H,18,20). The van der Waals surface area contributed by atoms with E-state index in [1.54, 1.807) is 0 Å². The van der Waals surface area contributed by atoms with E-state index in [0.29, 0.717) is 18.2 Å². The summed E-state index contributed by atoms with van der Waals surface area (Å²) in [5, 5.41) is 7.33. The molecule has 1 amide bonds. The molecule has 0 saturated heterocycles. The zero-order chi connectivity index (χ0) is 14.7. The van der Waals surface area contributed by atoms with Crippen LogP contribution in [0.15, 0.2) is 18.2 Å². The molecule has 0 fully saturated rings. The number of aromatic nitrogens is 1. The van der Waals surface area contributed by atoms with Crippen LogP contribution in [0.4, 0.5) is 0 Å². The van der Waals surface area contributed by atoms with Gasteiger partial charge in [-0.05, 0) is 37.6 Å². The maximum Gasteiger partial charge on any atom is 0.251 e. The molecule has 108 valence electrons. The molecule has 2 rings (SSSR count). The number of carbonyl (C=O) groups is 1. The van der Waals surface area contributed by atoms with Crippen LogP contribution in [0.2, 0.25) is 0 Å². The lowest BCUT2D eigenvalue weighted by atomic mass is 10.1. The number of carbonyl (C=O) groups excluding carboxylic acids is 1. The lowest BCUT2D eigenvalue weighted by molar-refractivity contribution is 0.0954. The van der Waals surface area contributed by atoms with Crippen LogP contribution in [0.5, 0.6) is 0 Å². The second kappa shape index (κ2) is 6.09. The Balaban J connectivity index is 2.05. The molecule has 0 radical (unpaired) electrons. The summed E-state index contributed by atoms with van der Waals surface area (Å²) in [6, 6.07) is 6.23. The van der Waals surface area contributed by atoms with Crippen LogP contribution < -0.4 is 10.6 Å². The predicted octanol–water partition coefficient (Wildman–Crippen LogP) is 2.51. The van der Waals surface area contributed by atoms with E-state index < -0.39 is 0 Å². The second-order valence-electron chi connectivity index (χ2n) is 5.50. The van der Waals surface area contributed by atoms with Gasteiger partial charge in [0, 0.05) is 41.3 Å². The molecule has 0 unspecified atom stereocenters. The lowest BCUT2D eigenvalue weighted by Crippen LogP contribution is -2.34. The highest BCUT2D eigenvalue weighted by atomic mass is 16.1. The Bertz CT molecular complexity index is 613. The number of fused-ring (bicyclic) bond motifs is 1. The van der Waals surface area contributed by atoms with Crippen LogP contribution in [0.1, 0.15) is 35.5 Å². The summed E-state index contributed by atoms with van der Waals surface area (Å²) in [5.74, 6) is -0.0179. The smallest absolute Gasteiger partial charge is 0.251 e. The molecule has 1 heterocycles. The van der Waals surface area contributed by atoms with Crippen LogP contribution in [0, 0.1) is 13.8 Å². The average Bonchev–Trinajstić information content (AvgIpc) is 2.69. The number of aromatic amines is 1. The Labute approximate surface area is 120 Å². The summed E-state index contributed by atoms with van der Waals surface area (Å²) in [6.07, 6.45) is 0.